The van der Waals surface area contributed by atoms with Crippen molar-refractivity contribution in [2.45, 2.75) is 51.7 Å². The first-order valence-corrected chi connectivity index (χ1v) is 5.02. The van der Waals surface area contributed by atoms with Gasteiger partial charge in [0.05, 0.1) is 11.7 Å². The van der Waals surface area contributed by atoms with Gasteiger partial charge in [-0.15, -0.1) is 0 Å². The third kappa shape index (κ3) is 3.11. The van der Waals surface area contributed by atoms with E-state index in [9.17, 15) is 0 Å². The zero-order chi connectivity index (χ0) is 9.03. The van der Waals surface area contributed by atoms with Gasteiger partial charge >= 0.3 is 0 Å². The van der Waals surface area contributed by atoms with Gasteiger partial charge in [0, 0.05) is 13.1 Å². The normalized spacial score (nSPS) is 28.8. The van der Waals surface area contributed by atoms with Crippen LogP contribution in [0.2, 0.25) is 0 Å². The standard InChI is InChI=1S/C10H21NO/c1-4-5-6-9-7-11-8-10(2,3)12-9/h9,11H,4-8H2,1-3H3. The molecule has 1 rings (SSSR count). The molecule has 2 heteroatoms. The lowest BCUT2D eigenvalue weighted by molar-refractivity contribution is -0.0966. The molecule has 1 aliphatic heterocycles. The molecule has 0 radical (unpaired) electrons. The Morgan fingerprint density at radius 3 is 2.83 bits per heavy atom. The second-order valence-corrected chi connectivity index (χ2v) is 4.27. The Labute approximate surface area is 75.7 Å². The summed E-state index contributed by atoms with van der Waals surface area (Å²) in [4.78, 5) is 0. The molecule has 72 valence electrons. The van der Waals surface area contributed by atoms with Crippen molar-refractivity contribution in [1.29, 1.82) is 0 Å². The molecule has 1 unspecified atom stereocenters. The molecule has 1 atom stereocenters. The monoisotopic (exact) mass is 171 g/mol. The molecule has 1 saturated heterocycles. The molecule has 1 aliphatic rings. The van der Waals surface area contributed by atoms with Crippen LogP contribution in [0.1, 0.15) is 40.0 Å². The molecule has 2 nitrogen and oxygen atoms in total. The molecule has 0 spiro atoms. The van der Waals surface area contributed by atoms with Crippen LogP contribution in [-0.4, -0.2) is 24.8 Å². The average Bonchev–Trinajstić information content (AvgIpc) is 1.99. The first-order chi connectivity index (χ1) is 5.64. The summed E-state index contributed by atoms with van der Waals surface area (Å²) >= 11 is 0. The van der Waals surface area contributed by atoms with Crippen LogP contribution >= 0.6 is 0 Å². The van der Waals surface area contributed by atoms with Crippen molar-refractivity contribution >= 4 is 0 Å². The number of nitrogens with one attached hydrogen (secondary N) is 1. The number of hydrogen-bond acceptors (Lipinski definition) is 2. The Bertz CT molecular complexity index is 134. The fourth-order valence-corrected chi connectivity index (χ4v) is 1.66. The van der Waals surface area contributed by atoms with Gasteiger partial charge in [0.25, 0.3) is 0 Å². The van der Waals surface area contributed by atoms with E-state index >= 15 is 0 Å². The molecule has 1 heterocycles. The minimum Gasteiger partial charge on any atom is -0.370 e. The van der Waals surface area contributed by atoms with Crippen LogP contribution in [-0.2, 0) is 4.74 Å². The Balaban J connectivity index is 2.26. The zero-order valence-electron chi connectivity index (χ0n) is 8.52. The topological polar surface area (TPSA) is 21.3 Å². The molecule has 0 bridgehead atoms. The van der Waals surface area contributed by atoms with Crippen LogP contribution in [0.4, 0.5) is 0 Å². The summed E-state index contributed by atoms with van der Waals surface area (Å²) in [6.45, 7) is 8.54. The molecular weight excluding hydrogens is 150 g/mol. The van der Waals surface area contributed by atoms with Gasteiger partial charge in [0.15, 0.2) is 0 Å². The highest BCUT2D eigenvalue weighted by Crippen LogP contribution is 2.18. The zero-order valence-corrected chi connectivity index (χ0v) is 8.52. The van der Waals surface area contributed by atoms with Crippen LogP contribution in [0.15, 0.2) is 0 Å². The Kier molecular flexibility index (Phi) is 3.53. The van der Waals surface area contributed by atoms with E-state index in [0.717, 1.165) is 13.1 Å². The number of rotatable bonds is 3. The molecule has 0 aliphatic carbocycles. The Hall–Kier alpha value is -0.0800. The average molecular weight is 171 g/mol. The minimum atomic E-state index is 0.0384. The van der Waals surface area contributed by atoms with Crippen LogP contribution in [0.5, 0.6) is 0 Å². The van der Waals surface area contributed by atoms with Crippen LogP contribution in [0, 0.1) is 0 Å². The van der Waals surface area contributed by atoms with E-state index in [1.165, 1.54) is 19.3 Å². The van der Waals surface area contributed by atoms with Crippen LogP contribution < -0.4 is 5.32 Å². The van der Waals surface area contributed by atoms with Gasteiger partial charge in [0.2, 0.25) is 0 Å². The molecule has 1 fully saturated rings. The van der Waals surface area contributed by atoms with Crippen molar-refractivity contribution in [2.75, 3.05) is 13.1 Å². The third-order valence-electron chi connectivity index (χ3n) is 2.29. The maximum atomic E-state index is 5.91. The molecule has 0 saturated carbocycles. The summed E-state index contributed by atoms with van der Waals surface area (Å²) < 4.78 is 5.91. The highest BCUT2D eigenvalue weighted by atomic mass is 16.5. The van der Waals surface area contributed by atoms with Gasteiger partial charge in [-0.1, -0.05) is 19.8 Å². The summed E-state index contributed by atoms with van der Waals surface area (Å²) in [6, 6.07) is 0. The number of unbranched alkanes of at least 4 members (excludes halogenated alkanes) is 1. The fraction of sp³-hybridized carbons (Fsp3) is 1.00. The van der Waals surface area contributed by atoms with Gasteiger partial charge in [-0.05, 0) is 20.3 Å². The summed E-state index contributed by atoms with van der Waals surface area (Å²) in [5.41, 5.74) is 0.0384. The smallest absolute Gasteiger partial charge is 0.0754 e. The van der Waals surface area contributed by atoms with Crippen molar-refractivity contribution in [3.05, 3.63) is 0 Å². The van der Waals surface area contributed by atoms with E-state index in [4.69, 9.17) is 4.74 Å². The molecule has 0 aromatic carbocycles. The lowest BCUT2D eigenvalue weighted by Gasteiger charge is -2.36. The molecular formula is C10H21NO. The summed E-state index contributed by atoms with van der Waals surface area (Å²) in [7, 11) is 0. The maximum Gasteiger partial charge on any atom is 0.0754 e. The lowest BCUT2D eigenvalue weighted by atomic mass is 10.0. The lowest BCUT2D eigenvalue weighted by Crippen LogP contribution is -2.50. The highest BCUT2D eigenvalue weighted by molar-refractivity contribution is 4.80. The molecule has 0 aromatic heterocycles. The highest BCUT2D eigenvalue weighted by Gasteiger charge is 2.27. The molecule has 0 amide bonds. The van der Waals surface area contributed by atoms with E-state index in [1.807, 2.05) is 0 Å². The molecule has 0 aromatic rings. The van der Waals surface area contributed by atoms with Gasteiger partial charge < -0.3 is 10.1 Å². The van der Waals surface area contributed by atoms with Gasteiger partial charge in [-0.2, -0.15) is 0 Å². The van der Waals surface area contributed by atoms with Crippen molar-refractivity contribution in [2.24, 2.45) is 0 Å². The Morgan fingerprint density at radius 2 is 2.25 bits per heavy atom. The SMILES string of the molecule is CCCCC1CNCC(C)(C)O1. The van der Waals surface area contributed by atoms with Crippen LogP contribution in [0.25, 0.3) is 0 Å². The second kappa shape index (κ2) is 4.24. The van der Waals surface area contributed by atoms with Crippen molar-refractivity contribution < 1.29 is 4.74 Å². The molecule has 12 heavy (non-hydrogen) atoms. The quantitative estimate of drug-likeness (QED) is 0.700. The van der Waals surface area contributed by atoms with E-state index in [2.05, 4.69) is 26.1 Å². The number of ether oxygens (including phenoxy) is 1. The predicted octanol–water partition coefficient (Wildman–Crippen LogP) is 1.94. The Morgan fingerprint density at radius 1 is 1.50 bits per heavy atom. The third-order valence-corrected chi connectivity index (χ3v) is 2.29. The van der Waals surface area contributed by atoms with Gasteiger partial charge in [0.1, 0.15) is 0 Å². The number of morpholine rings is 1. The van der Waals surface area contributed by atoms with E-state index in [0.29, 0.717) is 6.10 Å². The van der Waals surface area contributed by atoms with Crippen molar-refractivity contribution in [3.63, 3.8) is 0 Å². The van der Waals surface area contributed by atoms with Crippen molar-refractivity contribution in [1.82, 2.24) is 5.32 Å². The summed E-state index contributed by atoms with van der Waals surface area (Å²) in [6.07, 6.45) is 4.18. The predicted molar refractivity (Wildman–Crippen MR) is 51.3 cm³/mol. The second-order valence-electron chi connectivity index (χ2n) is 4.27. The molecule has 1 N–H and O–H groups in total. The summed E-state index contributed by atoms with van der Waals surface area (Å²) in [5, 5.41) is 3.41. The van der Waals surface area contributed by atoms with Crippen molar-refractivity contribution in [3.8, 4) is 0 Å². The van der Waals surface area contributed by atoms with E-state index in [1.54, 1.807) is 0 Å². The largest absolute Gasteiger partial charge is 0.370 e. The van der Waals surface area contributed by atoms with Gasteiger partial charge in [-0.25, -0.2) is 0 Å². The first kappa shape index (κ1) is 10.0. The summed E-state index contributed by atoms with van der Waals surface area (Å²) in [5.74, 6) is 0. The first-order valence-electron chi connectivity index (χ1n) is 5.02. The van der Waals surface area contributed by atoms with E-state index in [-0.39, 0.29) is 5.60 Å². The van der Waals surface area contributed by atoms with E-state index < -0.39 is 0 Å². The fourth-order valence-electron chi connectivity index (χ4n) is 1.66. The van der Waals surface area contributed by atoms with Crippen LogP contribution in [0.3, 0.4) is 0 Å². The number of hydrogen-bond donors (Lipinski definition) is 1. The minimum absolute atomic E-state index is 0.0384. The maximum absolute atomic E-state index is 5.91. The van der Waals surface area contributed by atoms with Gasteiger partial charge in [-0.3, -0.25) is 0 Å².